The van der Waals surface area contributed by atoms with Crippen LogP contribution in [0.1, 0.15) is 51.5 Å². The number of nitrogens with zero attached hydrogens (tertiary/aromatic N) is 1. The third kappa shape index (κ3) is 7.84. The topological polar surface area (TPSA) is 119 Å². The highest BCUT2D eigenvalue weighted by Gasteiger charge is 2.45. The molecule has 0 aromatic heterocycles. The van der Waals surface area contributed by atoms with Gasteiger partial charge in [-0.25, -0.2) is 15.8 Å². The standard InChI is InChI=1S/C18H27NO9S3/c1-14-18(2,9-3-5-11-29-26-23-20)16-13-15(31-28-25-22)7-8-17(16)19(14)10-4-6-12-30-27-24-21/h7-8,13H,3-6,9-12H2,1-2H3,(H2-,20,21,22)/p+1. The molecule has 176 valence electrons. The van der Waals surface area contributed by atoms with Crippen LogP contribution in [0.3, 0.4) is 0 Å². The van der Waals surface area contributed by atoms with E-state index >= 15 is 0 Å². The molecule has 0 fully saturated rings. The summed E-state index contributed by atoms with van der Waals surface area (Å²) < 4.78 is 15.8. The third-order valence-corrected chi connectivity index (χ3v) is 7.19. The van der Waals surface area contributed by atoms with Gasteiger partial charge >= 0.3 is 0 Å². The van der Waals surface area contributed by atoms with Crippen molar-refractivity contribution in [1.29, 1.82) is 0 Å². The van der Waals surface area contributed by atoms with Crippen LogP contribution in [0.15, 0.2) is 23.1 Å². The molecule has 1 unspecified atom stereocenters. The Labute approximate surface area is 194 Å². The zero-order chi connectivity index (χ0) is 22.5. The Morgan fingerprint density at radius 3 is 2.19 bits per heavy atom. The molecule has 10 nitrogen and oxygen atoms in total. The van der Waals surface area contributed by atoms with E-state index in [4.69, 9.17) is 15.8 Å². The van der Waals surface area contributed by atoms with Crippen molar-refractivity contribution >= 4 is 47.5 Å². The molecule has 1 aliphatic heterocycles. The average molecular weight is 499 g/mol. The molecule has 0 spiro atoms. The van der Waals surface area contributed by atoms with E-state index < -0.39 is 0 Å². The second kappa shape index (κ2) is 14.7. The minimum atomic E-state index is -0.159. The Hall–Kier alpha value is -0.420. The number of benzene rings is 1. The van der Waals surface area contributed by atoms with Crippen molar-refractivity contribution in [1.82, 2.24) is 0 Å². The average Bonchev–Trinajstić information content (AvgIpc) is 2.98. The van der Waals surface area contributed by atoms with Crippen LogP contribution >= 0.6 is 36.1 Å². The summed E-state index contributed by atoms with van der Waals surface area (Å²) >= 11 is 3.09. The van der Waals surface area contributed by atoms with Crippen molar-refractivity contribution in [2.75, 3.05) is 18.1 Å². The molecule has 0 aliphatic carbocycles. The van der Waals surface area contributed by atoms with E-state index in [1.165, 1.54) is 11.3 Å². The summed E-state index contributed by atoms with van der Waals surface area (Å²) in [4.78, 5) is 0.829. The van der Waals surface area contributed by atoms with Gasteiger partial charge in [-0.3, -0.25) is 0 Å². The van der Waals surface area contributed by atoms with Crippen molar-refractivity contribution in [3.05, 3.63) is 23.8 Å². The SMILES string of the molecule is CC1=[N+](CCCCSOOO)c2ccc(SOOO)cc2C1(C)CCCCSOOO. The Kier molecular flexibility index (Phi) is 12.7. The Morgan fingerprint density at radius 1 is 0.903 bits per heavy atom. The quantitative estimate of drug-likeness (QED) is 0.0817. The van der Waals surface area contributed by atoms with E-state index in [1.54, 1.807) is 0 Å². The highest BCUT2D eigenvalue weighted by Crippen LogP contribution is 2.44. The molecule has 1 aromatic carbocycles. The van der Waals surface area contributed by atoms with Crippen molar-refractivity contribution in [2.45, 2.75) is 56.3 Å². The van der Waals surface area contributed by atoms with Crippen molar-refractivity contribution in [3.8, 4) is 0 Å². The number of fused-ring (bicyclic) bond motifs is 1. The Morgan fingerprint density at radius 2 is 1.55 bits per heavy atom. The number of unbranched alkanes of at least 4 members (excludes halogenated alkanes) is 2. The smallest absolute Gasteiger partial charge is 0.209 e. The summed E-state index contributed by atoms with van der Waals surface area (Å²) in [5.74, 6) is 1.42. The van der Waals surface area contributed by atoms with E-state index in [0.717, 1.165) is 85.4 Å². The van der Waals surface area contributed by atoms with Crippen LogP contribution in [0.5, 0.6) is 0 Å². The van der Waals surface area contributed by atoms with Crippen molar-refractivity contribution in [2.24, 2.45) is 0 Å². The minimum absolute atomic E-state index is 0.159. The molecule has 2 rings (SSSR count). The van der Waals surface area contributed by atoms with Gasteiger partial charge in [0.2, 0.25) is 5.69 Å². The molecular formula is C18H28NO9S3+. The van der Waals surface area contributed by atoms with E-state index in [0.29, 0.717) is 11.5 Å². The molecule has 0 saturated carbocycles. The van der Waals surface area contributed by atoms with Gasteiger partial charge in [0.15, 0.2) is 5.71 Å². The second-order valence-electron chi connectivity index (χ2n) is 7.07. The molecule has 31 heavy (non-hydrogen) atoms. The van der Waals surface area contributed by atoms with Crippen LogP contribution in [0.4, 0.5) is 5.69 Å². The van der Waals surface area contributed by atoms with Gasteiger partial charge in [0.25, 0.3) is 0 Å². The maximum Gasteiger partial charge on any atom is 0.209 e. The molecule has 1 aliphatic rings. The predicted octanol–water partition coefficient (Wildman–Crippen LogP) is 5.58. The first-order valence-electron chi connectivity index (χ1n) is 9.68. The molecule has 1 atom stereocenters. The number of hydrogen-bond acceptors (Lipinski definition) is 12. The largest absolute Gasteiger partial charge is 0.220 e. The maximum atomic E-state index is 8.46. The van der Waals surface area contributed by atoms with E-state index in [-0.39, 0.29) is 5.41 Å². The van der Waals surface area contributed by atoms with Crippen molar-refractivity contribution in [3.63, 3.8) is 0 Å². The highest BCUT2D eigenvalue weighted by molar-refractivity contribution is 7.94. The minimum Gasteiger partial charge on any atom is -0.220 e. The molecule has 0 radical (unpaired) electrons. The zero-order valence-corrected chi connectivity index (χ0v) is 19.8. The number of rotatable bonds is 17. The molecule has 0 saturated heterocycles. The second-order valence-corrected chi connectivity index (χ2v) is 9.40. The van der Waals surface area contributed by atoms with Gasteiger partial charge in [-0.1, -0.05) is 21.5 Å². The third-order valence-electron chi connectivity index (χ3n) is 5.39. The maximum absolute atomic E-state index is 8.46. The van der Waals surface area contributed by atoms with Crippen LogP contribution < -0.4 is 0 Å². The first-order chi connectivity index (χ1) is 15.1. The van der Waals surface area contributed by atoms with Crippen LogP contribution in [0.25, 0.3) is 0 Å². The highest BCUT2D eigenvalue weighted by atomic mass is 32.2. The van der Waals surface area contributed by atoms with Gasteiger partial charge in [0, 0.05) is 65.5 Å². The van der Waals surface area contributed by atoms with E-state index in [2.05, 4.69) is 58.7 Å². The lowest BCUT2D eigenvalue weighted by molar-refractivity contribution is -0.439. The van der Waals surface area contributed by atoms with Crippen LogP contribution in [0, 0.1) is 0 Å². The molecule has 13 heteroatoms. The first-order valence-corrected chi connectivity index (χ1v) is 12.2. The van der Waals surface area contributed by atoms with Crippen LogP contribution in [0.2, 0.25) is 0 Å². The zero-order valence-electron chi connectivity index (χ0n) is 17.4. The Balaban J connectivity index is 2.10. The summed E-state index contributed by atoms with van der Waals surface area (Å²) in [6, 6.07) is 6.06. The summed E-state index contributed by atoms with van der Waals surface area (Å²) in [6.07, 6.45) is 4.66. The van der Waals surface area contributed by atoms with E-state index in [1.807, 2.05) is 6.07 Å². The van der Waals surface area contributed by atoms with Gasteiger partial charge < -0.3 is 0 Å². The molecule has 0 bridgehead atoms. The van der Waals surface area contributed by atoms with Gasteiger partial charge in [-0.05, 0) is 38.3 Å². The fourth-order valence-corrected chi connectivity index (χ4v) is 5.02. The molecule has 0 amide bonds. The summed E-state index contributed by atoms with van der Waals surface area (Å²) in [5, 5.41) is 35.8. The monoisotopic (exact) mass is 498 g/mol. The van der Waals surface area contributed by atoms with Crippen LogP contribution in [-0.4, -0.2) is 44.1 Å². The fraction of sp³-hybridized carbons (Fsp3) is 0.611. The molecule has 1 heterocycles. The van der Waals surface area contributed by atoms with Gasteiger partial charge in [0.05, 0.1) is 17.5 Å². The Bertz CT molecular complexity index is 710. The van der Waals surface area contributed by atoms with Gasteiger partial charge in [-0.15, -0.1) is 13.0 Å². The summed E-state index contributed by atoms with van der Waals surface area (Å²) in [5.41, 5.74) is 3.47. The summed E-state index contributed by atoms with van der Waals surface area (Å²) in [7, 11) is 0. The van der Waals surface area contributed by atoms with Gasteiger partial charge in [-0.2, -0.15) is 4.58 Å². The van der Waals surface area contributed by atoms with E-state index in [9.17, 15) is 0 Å². The van der Waals surface area contributed by atoms with Crippen molar-refractivity contribution < 1.29 is 48.5 Å². The van der Waals surface area contributed by atoms with Gasteiger partial charge in [0.1, 0.15) is 6.54 Å². The lowest BCUT2D eigenvalue weighted by Gasteiger charge is -2.22. The first kappa shape index (κ1) is 26.8. The lowest BCUT2D eigenvalue weighted by atomic mass is 9.76. The fourth-order valence-electron chi connectivity index (χ4n) is 3.76. The lowest BCUT2D eigenvalue weighted by Crippen LogP contribution is -2.30. The predicted molar refractivity (Wildman–Crippen MR) is 118 cm³/mol. The summed E-state index contributed by atoms with van der Waals surface area (Å²) in [6.45, 7) is 5.26. The van der Waals surface area contributed by atoms with Crippen LogP contribution in [-0.2, 0) is 33.5 Å². The molecular weight excluding hydrogens is 470 g/mol. The normalized spacial score (nSPS) is 18.1. The molecule has 3 N–H and O–H groups in total. The molecule has 1 aromatic rings. The number of hydrogen-bond donors (Lipinski definition) is 3.